The number of aliphatic hydroxyl groups is 17. The van der Waals surface area contributed by atoms with E-state index in [-0.39, 0.29) is 0 Å². The van der Waals surface area contributed by atoms with E-state index in [0.717, 1.165) is 0 Å². The Balaban J connectivity index is 1.20. The lowest BCUT2D eigenvalue weighted by Crippen LogP contribution is -2.69. The van der Waals surface area contributed by atoms with Crippen molar-refractivity contribution < 1.29 is 148 Å². The molecular weight excluding hydrogens is 943 g/mol. The summed E-state index contributed by atoms with van der Waals surface area (Å²) < 4.78 is 74.0. The minimum Gasteiger partial charge on any atom is -0.394 e. The zero-order valence-corrected chi connectivity index (χ0v) is 36.2. The molecule has 0 radical (unpaired) electrons. The molecule has 22 fully saturated rings. The Morgan fingerprint density at radius 3 is 0.627 bits per heavy atom. The largest absolute Gasteiger partial charge is 0.394 e. The number of hydrogen-bond donors (Lipinski definition) is 17. The van der Waals surface area contributed by atoms with Gasteiger partial charge in [-0.3, -0.25) is 0 Å². The van der Waals surface area contributed by atoms with Crippen molar-refractivity contribution >= 4 is 9.47 Å². The van der Waals surface area contributed by atoms with Crippen LogP contribution in [0.5, 0.6) is 0 Å². The lowest BCUT2D eigenvalue weighted by Gasteiger charge is -2.51. The van der Waals surface area contributed by atoms with Crippen molar-refractivity contribution in [1.82, 2.24) is 0 Å². The quantitative estimate of drug-likeness (QED) is 0.105. The lowest BCUT2D eigenvalue weighted by atomic mass is 9.94. The van der Waals surface area contributed by atoms with Gasteiger partial charge in [-0.25, -0.2) is 0 Å². The molecule has 22 aliphatic heterocycles. The second-order valence-corrected chi connectivity index (χ2v) is 17.2. The Labute approximate surface area is 381 Å². The average molecular weight is 1000 g/mol. The first-order valence-electron chi connectivity index (χ1n) is 21.3. The first kappa shape index (κ1) is 54.0. The van der Waals surface area contributed by atoms with Crippen molar-refractivity contribution in [3.63, 3.8) is 0 Å². The summed E-state index contributed by atoms with van der Waals surface area (Å²) in [6, 6.07) is 0. The van der Waals surface area contributed by atoms with Gasteiger partial charge in [0, 0.05) is 9.47 Å². The maximum absolute atomic E-state index is 11.4. The number of ether oxygens (including phenoxy) is 12. The summed E-state index contributed by atoms with van der Waals surface area (Å²) in [5.74, 6) is 0. The summed E-state index contributed by atoms with van der Waals surface area (Å²) in [7, 11) is 1.84. The monoisotopic (exact) mass is 1000 g/mol. The van der Waals surface area contributed by atoms with E-state index in [1.807, 2.05) is 9.47 Å². The van der Waals surface area contributed by atoms with E-state index >= 15 is 0 Å². The fourth-order valence-electron chi connectivity index (χ4n) is 9.07. The second-order valence-electron chi connectivity index (χ2n) is 17.0. The molecule has 22 saturated heterocycles. The van der Waals surface area contributed by atoms with Crippen LogP contribution >= 0.6 is 9.47 Å². The molecule has 0 amide bonds. The highest BCUT2D eigenvalue weighted by atomic mass is 31.0. The van der Waals surface area contributed by atoms with Crippen LogP contribution in [0.1, 0.15) is 0 Å². The van der Waals surface area contributed by atoms with E-state index in [9.17, 15) is 86.8 Å². The zero-order chi connectivity index (χ0) is 48.8. The van der Waals surface area contributed by atoms with Gasteiger partial charge < -0.3 is 148 Å². The van der Waals surface area contributed by atoms with Gasteiger partial charge in [0.25, 0.3) is 0 Å². The van der Waals surface area contributed by atoms with E-state index in [4.69, 9.17) is 61.4 Å². The third kappa shape index (κ3) is 10.5. The third-order valence-corrected chi connectivity index (χ3v) is 13.1. The van der Waals surface area contributed by atoms with Crippen LogP contribution < -0.4 is 0 Å². The molecule has 67 heavy (non-hydrogen) atoms. The van der Waals surface area contributed by atoms with Crippen molar-refractivity contribution in [1.29, 1.82) is 0 Å². The van der Waals surface area contributed by atoms with Crippen LogP contribution in [-0.4, -0.2) is 311 Å². The molecule has 31 atom stereocenters. The standard InChI is InChI=1S/C36H61O30P/c37-1-7-24-13(43)18(48)31(54-7)61-25-8(2-38)56-33(20(50)15(25)45)63-27-10(4-40)58-35(22(52)17(27)47)65-29-12(6-42)59-36(23(53)30(29)66-67)64-28-11(5-41)57-34(21(51)16(28)46)62-26-9(3-39)55-32(60-24)19(49)14(26)44/h7-53H,1-6,67H2/t7-,8-,9-,10-,11-,12-,13-,14-,15-,16-,17-,18-,19-,20-,21-,22-,23-,24-,25-,26-,27-,28-,29+,30-,31-,32-,33-,34-,35-,36-/m1/s1. The number of aliphatic hydroxyl groups excluding tert-OH is 17. The van der Waals surface area contributed by atoms with Gasteiger partial charge in [-0.1, -0.05) is 0 Å². The zero-order valence-electron chi connectivity index (χ0n) is 35.1. The Kier molecular flexibility index (Phi) is 18.5. The smallest absolute Gasteiger partial charge is 0.187 e. The lowest BCUT2D eigenvalue weighted by molar-refractivity contribution is -0.403. The van der Waals surface area contributed by atoms with E-state index in [2.05, 4.69) is 0 Å². The molecule has 0 aromatic rings. The van der Waals surface area contributed by atoms with Crippen molar-refractivity contribution in [3.05, 3.63) is 0 Å². The van der Waals surface area contributed by atoms with Gasteiger partial charge in [0.05, 0.1) is 39.6 Å². The van der Waals surface area contributed by atoms with Gasteiger partial charge >= 0.3 is 0 Å². The van der Waals surface area contributed by atoms with Gasteiger partial charge in [0.2, 0.25) is 0 Å². The van der Waals surface area contributed by atoms with E-state index in [1.54, 1.807) is 0 Å². The minimum absolute atomic E-state index is 0.922. The highest BCUT2D eigenvalue weighted by molar-refractivity contribution is 7.09. The molecule has 0 saturated carbocycles. The molecular formula is C36H61O30P. The summed E-state index contributed by atoms with van der Waals surface area (Å²) >= 11 is 0. The first-order valence-corrected chi connectivity index (χ1v) is 21.8. The fraction of sp³-hybridized carbons (Fsp3) is 1.00. The summed E-state index contributed by atoms with van der Waals surface area (Å²) in [5, 5.41) is 186. The molecule has 22 heterocycles. The van der Waals surface area contributed by atoms with Gasteiger partial charge in [-0.15, -0.1) is 0 Å². The molecule has 17 N–H and O–H groups in total. The van der Waals surface area contributed by atoms with Gasteiger partial charge in [-0.2, -0.15) is 0 Å². The van der Waals surface area contributed by atoms with E-state index < -0.39 is 224 Å². The minimum atomic E-state index is -2.14. The van der Waals surface area contributed by atoms with Crippen LogP contribution in [0.25, 0.3) is 0 Å². The van der Waals surface area contributed by atoms with Crippen molar-refractivity contribution in [3.8, 4) is 0 Å². The van der Waals surface area contributed by atoms with Crippen molar-refractivity contribution in [2.45, 2.75) is 184 Å². The number of rotatable bonds is 7. The molecule has 0 aliphatic carbocycles. The summed E-state index contributed by atoms with van der Waals surface area (Å²) in [5.41, 5.74) is 0. The molecule has 22 aliphatic rings. The van der Waals surface area contributed by atoms with Gasteiger partial charge in [-0.05, 0) is 0 Å². The highest BCUT2D eigenvalue weighted by Gasteiger charge is 2.59. The Morgan fingerprint density at radius 1 is 0.254 bits per heavy atom. The topological polar surface area (TPSA) is 464 Å². The summed E-state index contributed by atoms with van der Waals surface area (Å²) in [6.07, 6.45) is -56.8. The molecule has 1 unspecified atom stereocenters. The first-order chi connectivity index (χ1) is 32.0. The van der Waals surface area contributed by atoms with Gasteiger partial charge in [0.15, 0.2) is 37.7 Å². The van der Waals surface area contributed by atoms with Crippen molar-refractivity contribution in [2.75, 3.05) is 39.6 Å². The molecule has 0 aromatic carbocycles. The van der Waals surface area contributed by atoms with Crippen LogP contribution in [-0.2, 0) is 61.4 Å². The predicted octanol–water partition coefficient (Wildman–Crippen LogP) is -12.2. The molecule has 22 rings (SSSR count). The Bertz CT molecular complexity index is 1530. The maximum Gasteiger partial charge on any atom is 0.187 e. The Hall–Kier alpha value is -0.770. The molecule has 12 bridgehead atoms. The third-order valence-electron chi connectivity index (χ3n) is 12.8. The van der Waals surface area contributed by atoms with Crippen molar-refractivity contribution in [2.24, 2.45) is 0 Å². The van der Waals surface area contributed by atoms with Crippen LogP contribution in [0.2, 0.25) is 0 Å². The molecule has 390 valence electrons. The molecule has 0 spiro atoms. The van der Waals surface area contributed by atoms with Crippen LogP contribution in [0.3, 0.4) is 0 Å². The highest BCUT2D eigenvalue weighted by Crippen LogP contribution is 2.38. The molecule has 0 aromatic heterocycles. The van der Waals surface area contributed by atoms with Gasteiger partial charge in [0.1, 0.15) is 146 Å². The predicted molar refractivity (Wildman–Crippen MR) is 204 cm³/mol. The number of hydrogen-bond acceptors (Lipinski definition) is 30. The van der Waals surface area contributed by atoms with E-state index in [0.29, 0.717) is 0 Å². The summed E-state index contributed by atoms with van der Waals surface area (Å²) in [4.78, 5) is 0. The molecule has 30 nitrogen and oxygen atoms in total. The normalized spacial score (nSPS) is 54.7. The van der Waals surface area contributed by atoms with Crippen LogP contribution in [0, 0.1) is 0 Å². The van der Waals surface area contributed by atoms with E-state index in [1.165, 1.54) is 0 Å². The maximum atomic E-state index is 11.4. The fourth-order valence-corrected chi connectivity index (χ4v) is 9.38. The summed E-state index contributed by atoms with van der Waals surface area (Å²) in [6.45, 7) is -5.83. The Morgan fingerprint density at radius 2 is 0.433 bits per heavy atom. The van der Waals surface area contributed by atoms with Crippen LogP contribution in [0.15, 0.2) is 0 Å². The molecule has 31 heteroatoms. The van der Waals surface area contributed by atoms with Crippen LogP contribution in [0.4, 0.5) is 0 Å². The second kappa shape index (κ2) is 23.0. The SMILES string of the molecule is OC[C@H]1O[C@@H]2O[C@H]3[C@H](O)[C@@H](O)[C@@H](O[C@H]4[C@H](O)[C@@H](O)[C@@H](O[C@H]5[C@H](O)[C@@H](O)[C@@H](O[C@H]6[C@H](O)[C@@H](O)[C@@H](O[C@H]7[C@H](O)[C@@H](O)[C@@H](O[C@@H]1[C@H](OP)[C@H]2O)O[C@@H]7CO)O[C@@H]6CO)O[C@@H]5CO)O[C@@H]4CO)O[C@@H]3CO. The average Bonchev–Trinajstić information content (AvgIpc) is 3.32.